The highest BCUT2D eigenvalue weighted by molar-refractivity contribution is 6.06. The molecule has 0 aliphatic carbocycles. The van der Waals surface area contributed by atoms with Gasteiger partial charge in [-0.2, -0.15) is 13.2 Å². The lowest BCUT2D eigenvalue weighted by molar-refractivity contribution is -0.138. The number of carboxylic acid groups (broad SMARTS) is 1. The molecule has 2 rings (SSSR count). The van der Waals surface area contributed by atoms with Crippen LogP contribution in [0.3, 0.4) is 0 Å². The van der Waals surface area contributed by atoms with Crippen molar-refractivity contribution in [1.29, 1.82) is 0 Å². The van der Waals surface area contributed by atoms with Crippen molar-refractivity contribution in [3.63, 3.8) is 0 Å². The molecule has 5 nitrogen and oxygen atoms in total. The highest BCUT2D eigenvalue weighted by atomic mass is 19.4. The van der Waals surface area contributed by atoms with Gasteiger partial charge < -0.3 is 15.5 Å². The van der Waals surface area contributed by atoms with E-state index in [0.717, 1.165) is 18.2 Å². The van der Waals surface area contributed by atoms with E-state index in [9.17, 15) is 27.9 Å². The number of phenolic OH excluding ortho intramolecular Hbond substituents is 1. The number of carboxylic acids is 1. The zero-order valence-corrected chi connectivity index (χ0v) is 12.5. The van der Waals surface area contributed by atoms with Gasteiger partial charge in [0.05, 0.1) is 16.8 Å². The van der Waals surface area contributed by atoms with Crippen LogP contribution in [0.15, 0.2) is 48.5 Å². The number of alkyl halides is 3. The number of phenols is 1. The average Bonchev–Trinajstić information content (AvgIpc) is 2.52. The molecule has 0 aromatic heterocycles. The van der Waals surface area contributed by atoms with Gasteiger partial charge >= 0.3 is 12.1 Å². The molecule has 0 atom stereocenters. The summed E-state index contributed by atoms with van der Waals surface area (Å²) in [6, 6.07) is 8.43. The lowest BCUT2D eigenvalue weighted by atomic mass is 10.1. The molecule has 0 fully saturated rings. The molecule has 8 heteroatoms. The van der Waals surface area contributed by atoms with Crippen molar-refractivity contribution in [3.8, 4) is 5.75 Å². The summed E-state index contributed by atoms with van der Waals surface area (Å²) in [5.41, 5.74) is -1.02. The number of halogens is 3. The maximum absolute atomic E-state index is 12.5. The first kappa shape index (κ1) is 18.1. The largest absolute Gasteiger partial charge is 0.507 e. The second kappa shape index (κ2) is 7.08. The van der Waals surface area contributed by atoms with Gasteiger partial charge in [0.25, 0.3) is 0 Å². The van der Waals surface area contributed by atoms with E-state index in [4.69, 9.17) is 5.11 Å². The van der Waals surface area contributed by atoms with E-state index in [2.05, 4.69) is 5.32 Å². The summed E-state index contributed by atoms with van der Waals surface area (Å²) >= 11 is 0. The standard InChI is InChI=1S/C17H12F3NO4/c18-17(19,20)12-7-5-10(9-14(12)22)6-8-15(23)21-13-4-2-1-3-11(13)16(24)25/h1-9,22H,(H,21,23)(H,24,25)/b8-6+. The Kier molecular flexibility index (Phi) is 5.11. The third-order valence-electron chi connectivity index (χ3n) is 3.17. The van der Waals surface area contributed by atoms with Gasteiger partial charge in [-0.15, -0.1) is 0 Å². The Hall–Kier alpha value is -3.29. The number of para-hydroxylation sites is 1. The van der Waals surface area contributed by atoms with E-state index in [0.29, 0.717) is 6.07 Å². The number of aromatic carboxylic acids is 1. The molecule has 0 bridgehead atoms. The van der Waals surface area contributed by atoms with E-state index in [-0.39, 0.29) is 16.8 Å². The Balaban J connectivity index is 2.14. The molecule has 2 aromatic carbocycles. The van der Waals surface area contributed by atoms with Crippen molar-refractivity contribution < 1.29 is 33.0 Å². The molecule has 1 amide bonds. The van der Waals surface area contributed by atoms with Crippen molar-refractivity contribution in [2.75, 3.05) is 5.32 Å². The smallest absolute Gasteiger partial charge is 0.419 e. The number of anilines is 1. The van der Waals surface area contributed by atoms with E-state index >= 15 is 0 Å². The minimum absolute atomic E-state index is 0.0833. The Morgan fingerprint density at radius 3 is 2.36 bits per heavy atom. The van der Waals surface area contributed by atoms with E-state index in [1.165, 1.54) is 24.3 Å². The molecule has 0 unspecified atom stereocenters. The van der Waals surface area contributed by atoms with Gasteiger partial charge in [0.15, 0.2) is 0 Å². The number of hydrogen-bond donors (Lipinski definition) is 3. The number of carbonyl (C=O) groups excluding carboxylic acids is 1. The average molecular weight is 351 g/mol. The van der Waals surface area contributed by atoms with Crippen molar-refractivity contribution in [2.24, 2.45) is 0 Å². The highest BCUT2D eigenvalue weighted by Crippen LogP contribution is 2.36. The second-order valence-electron chi connectivity index (χ2n) is 4.95. The van der Waals surface area contributed by atoms with Crippen LogP contribution in [0.4, 0.5) is 18.9 Å². The molecule has 3 N–H and O–H groups in total. The van der Waals surface area contributed by atoms with E-state index in [1.807, 2.05) is 0 Å². The Morgan fingerprint density at radius 2 is 1.76 bits per heavy atom. The van der Waals surface area contributed by atoms with Gasteiger partial charge in [-0.3, -0.25) is 4.79 Å². The van der Waals surface area contributed by atoms with Crippen molar-refractivity contribution in [1.82, 2.24) is 0 Å². The Bertz CT molecular complexity index is 844. The van der Waals surface area contributed by atoms with Crippen LogP contribution in [-0.2, 0) is 11.0 Å². The molecule has 0 radical (unpaired) electrons. The molecule has 0 spiro atoms. The van der Waals surface area contributed by atoms with Crippen molar-refractivity contribution in [3.05, 3.63) is 65.2 Å². The third-order valence-corrected chi connectivity index (χ3v) is 3.17. The van der Waals surface area contributed by atoms with Crippen LogP contribution in [-0.4, -0.2) is 22.1 Å². The number of rotatable bonds is 4. The number of benzene rings is 2. The van der Waals surface area contributed by atoms with E-state index in [1.54, 1.807) is 6.07 Å². The fourth-order valence-electron chi connectivity index (χ4n) is 2.02. The summed E-state index contributed by atoms with van der Waals surface area (Å²) in [6.45, 7) is 0. The SMILES string of the molecule is O=C(/C=C/c1ccc(C(F)(F)F)c(O)c1)Nc1ccccc1C(=O)O. The fraction of sp³-hybridized carbons (Fsp3) is 0.0588. The number of amides is 1. The first-order valence-electron chi connectivity index (χ1n) is 6.90. The maximum atomic E-state index is 12.5. The number of nitrogens with one attached hydrogen (secondary N) is 1. The highest BCUT2D eigenvalue weighted by Gasteiger charge is 2.33. The molecular formula is C17H12F3NO4. The molecule has 130 valence electrons. The third kappa shape index (κ3) is 4.60. The zero-order valence-electron chi connectivity index (χ0n) is 12.5. The van der Waals surface area contributed by atoms with Crippen LogP contribution < -0.4 is 5.32 Å². The van der Waals surface area contributed by atoms with Gasteiger partial charge in [0.1, 0.15) is 5.75 Å². The number of aromatic hydroxyl groups is 1. The fourth-order valence-corrected chi connectivity index (χ4v) is 2.02. The lowest BCUT2D eigenvalue weighted by Crippen LogP contribution is -2.11. The number of hydrogen-bond acceptors (Lipinski definition) is 3. The van der Waals surface area contributed by atoms with Crippen molar-refractivity contribution in [2.45, 2.75) is 6.18 Å². The molecule has 0 saturated heterocycles. The summed E-state index contributed by atoms with van der Waals surface area (Å²) in [6.07, 6.45) is -2.47. The van der Waals surface area contributed by atoms with Crippen LogP contribution in [0.5, 0.6) is 5.75 Å². The minimum Gasteiger partial charge on any atom is -0.507 e. The quantitative estimate of drug-likeness (QED) is 0.732. The molecule has 2 aromatic rings. The van der Waals surface area contributed by atoms with Crippen LogP contribution in [0.1, 0.15) is 21.5 Å². The minimum atomic E-state index is -4.68. The molecular weight excluding hydrogens is 339 g/mol. The van der Waals surface area contributed by atoms with Gasteiger partial charge in [-0.05, 0) is 35.9 Å². The van der Waals surface area contributed by atoms with E-state index < -0.39 is 29.4 Å². The topological polar surface area (TPSA) is 86.6 Å². The summed E-state index contributed by atoms with van der Waals surface area (Å²) in [5, 5.41) is 20.8. The normalized spacial score (nSPS) is 11.5. The van der Waals surface area contributed by atoms with Crippen LogP contribution in [0.2, 0.25) is 0 Å². The molecule has 0 aliphatic rings. The summed E-state index contributed by atoms with van der Waals surface area (Å²) in [4.78, 5) is 22.9. The van der Waals surface area contributed by atoms with Crippen LogP contribution >= 0.6 is 0 Å². The number of carbonyl (C=O) groups is 2. The Morgan fingerprint density at radius 1 is 1.08 bits per heavy atom. The molecule has 25 heavy (non-hydrogen) atoms. The Labute approximate surface area is 140 Å². The van der Waals surface area contributed by atoms with Crippen molar-refractivity contribution >= 4 is 23.6 Å². The van der Waals surface area contributed by atoms with Gasteiger partial charge in [-0.1, -0.05) is 18.2 Å². The predicted octanol–water partition coefficient (Wildman–Crippen LogP) is 3.76. The summed E-state index contributed by atoms with van der Waals surface area (Å²) in [7, 11) is 0. The maximum Gasteiger partial charge on any atom is 0.419 e. The van der Waals surface area contributed by atoms with Crippen LogP contribution in [0, 0.1) is 0 Å². The van der Waals surface area contributed by atoms with Gasteiger partial charge in [-0.25, -0.2) is 4.79 Å². The van der Waals surface area contributed by atoms with Gasteiger partial charge in [0.2, 0.25) is 5.91 Å². The first-order chi connectivity index (χ1) is 11.7. The predicted molar refractivity (Wildman–Crippen MR) is 84.2 cm³/mol. The lowest BCUT2D eigenvalue weighted by Gasteiger charge is -2.09. The second-order valence-corrected chi connectivity index (χ2v) is 4.95. The molecule has 0 saturated carbocycles. The molecule has 0 heterocycles. The molecule has 0 aliphatic heterocycles. The summed E-state index contributed by atoms with van der Waals surface area (Å²) in [5.74, 6) is -2.84. The monoisotopic (exact) mass is 351 g/mol. The summed E-state index contributed by atoms with van der Waals surface area (Å²) < 4.78 is 37.6. The first-order valence-corrected chi connectivity index (χ1v) is 6.90. The zero-order chi connectivity index (χ0) is 18.6. The van der Waals surface area contributed by atoms with Crippen LogP contribution in [0.25, 0.3) is 6.08 Å². The van der Waals surface area contributed by atoms with Gasteiger partial charge in [0, 0.05) is 6.08 Å².